The summed E-state index contributed by atoms with van der Waals surface area (Å²) >= 11 is 0. The maximum Gasteiger partial charge on any atom is 0.257 e. The van der Waals surface area contributed by atoms with E-state index in [9.17, 15) is 4.79 Å². The standard InChI is InChI=1S/C25H29N3O/c1-17-5-4-8-23-24(17)22(25(29)27-23)15-26-20-9-11-21(12-10-20)28-14-13-18-6-2-3-7-19(18)16-28/h4-5,8-12,15,18-19,26H,2-3,6-7,13-14,16H2,1H3,(H,27,29). The van der Waals surface area contributed by atoms with Crippen LogP contribution in [0.3, 0.4) is 0 Å². The number of anilines is 3. The van der Waals surface area contributed by atoms with Gasteiger partial charge in [-0.2, -0.15) is 0 Å². The van der Waals surface area contributed by atoms with Gasteiger partial charge in [-0.05, 0) is 67.5 Å². The van der Waals surface area contributed by atoms with E-state index in [1.165, 1.54) is 50.9 Å². The first-order chi connectivity index (χ1) is 14.2. The van der Waals surface area contributed by atoms with Crippen molar-refractivity contribution in [1.29, 1.82) is 0 Å². The molecule has 1 saturated heterocycles. The molecule has 2 aromatic carbocycles. The Bertz CT molecular complexity index is 947. The molecule has 2 fully saturated rings. The first-order valence-electron chi connectivity index (χ1n) is 10.9. The van der Waals surface area contributed by atoms with Crippen LogP contribution in [0.4, 0.5) is 17.1 Å². The molecule has 2 unspecified atom stereocenters. The molecular formula is C25H29N3O. The molecular weight excluding hydrogens is 358 g/mol. The van der Waals surface area contributed by atoms with Crippen molar-refractivity contribution in [3.05, 3.63) is 59.8 Å². The number of amides is 1. The summed E-state index contributed by atoms with van der Waals surface area (Å²) in [6, 6.07) is 14.6. The summed E-state index contributed by atoms with van der Waals surface area (Å²) < 4.78 is 0. The zero-order chi connectivity index (χ0) is 19.8. The number of hydrogen-bond donors (Lipinski definition) is 2. The summed E-state index contributed by atoms with van der Waals surface area (Å²) in [6.07, 6.45) is 8.84. The number of nitrogens with zero attached hydrogens (tertiary/aromatic N) is 1. The lowest BCUT2D eigenvalue weighted by atomic mass is 9.75. The molecule has 2 heterocycles. The van der Waals surface area contributed by atoms with E-state index < -0.39 is 0 Å². The third-order valence-electron chi connectivity index (χ3n) is 6.94. The van der Waals surface area contributed by atoms with Crippen LogP contribution in [0.2, 0.25) is 0 Å². The third kappa shape index (κ3) is 3.52. The molecule has 0 spiro atoms. The second-order valence-electron chi connectivity index (χ2n) is 8.74. The third-order valence-corrected chi connectivity index (χ3v) is 6.94. The number of carbonyl (C=O) groups excluding carboxylic acids is 1. The van der Waals surface area contributed by atoms with Gasteiger partial charge in [0.2, 0.25) is 0 Å². The molecule has 150 valence electrons. The zero-order valence-corrected chi connectivity index (χ0v) is 17.1. The minimum atomic E-state index is -0.0474. The van der Waals surface area contributed by atoms with E-state index in [1.807, 2.05) is 31.3 Å². The lowest BCUT2D eigenvalue weighted by molar-refractivity contribution is -0.110. The van der Waals surface area contributed by atoms with Gasteiger partial charge in [0.15, 0.2) is 0 Å². The van der Waals surface area contributed by atoms with Crippen LogP contribution in [0.15, 0.2) is 48.7 Å². The first-order valence-corrected chi connectivity index (χ1v) is 10.9. The van der Waals surface area contributed by atoms with E-state index in [2.05, 4.69) is 39.8 Å². The van der Waals surface area contributed by atoms with Gasteiger partial charge in [0.1, 0.15) is 0 Å². The van der Waals surface area contributed by atoms with Gasteiger partial charge in [-0.1, -0.05) is 31.4 Å². The van der Waals surface area contributed by atoms with Crippen molar-refractivity contribution in [2.75, 3.05) is 28.6 Å². The van der Waals surface area contributed by atoms with E-state index in [0.29, 0.717) is 5.57 Å². The number of aryl methyl sites for hydroxylation is 1. The number of nitrogens with one attached hydrogen (secondary N) is 2. The van der Waals surface area contributed by atoms with Crippen molar-refractivity contribution >= 4 is 28.5 Å². The Balaban J connectivity index is 1.28. The lowest BCUT2D eigenvalue weighted by Gasteiger charge is -2.42. The van der Waals surface area contributed by atoms with Gasteiger partial charge < -0.3 is 15.5 Å². The summed E-state index contributed by atoms with van der Waals surface area (Å²) in [5.74, 6) is 1.79. The summed E-state index contributed by atoms with van der Waals surface area (Å²) in [5.41, 5.74) is 6.01. The van der Waals surface area contributed by atoms with Crippen molar-refractivity contribution < 1.29 is 4.79 Å². The van der Waals surface area contributed by atoms with E-state index >= 15 is 0 Å². The quantitative estimate of drug-likeness (QED) is 0.692. The van der Waals surface area contributed by atoms with Crippen LogP contribution >= 0.6 is 0 Å². The topological polar surface area (TPSA) is 44.4 Å². The maximum atomic E-state index is 12.4. The molecule has 29 heavy (non-hydrogen) atoms. The lowest BCUT2D eigenvalue weighted by Crippen LogP contribution is -2.41. The molecule has 3 aliphatic rings. The molecule has 2 aliphatic heterocycles. The highest BCUT2D eigenvalue weighted by Gasteiger charge is 2.31. The number of carbonyl (C=O) groups is 1. The molecule has 0 radical (unpaired) electrons. The van der Waals surface area contributed by atoms with E-state index in [1.54, 1.807) is 0 Å². The minimum Gasteiger partial charge on any atom is -0.371 e. The van der Waals surface area contributed by atoms with E-state index in [4.69, 9.17) is 0 Å². The van der Waals surface area contributed by atoms with Crippen LogP contribution in [0, 0.1) is 18.8 Å². The fourth-order valence-electron chi connectivity index (χ4n) is 5.33. The van der Waals surface area contributed by atoms with Crippen LogP contribution in [0.1, 0.15) is 43.2 Å². The van der Waals surface area contributed by atoms with Crippen molar-refractivity contribution in [1.82, 2.24) is 0 Å². The molecule has 4 nitrogen and oxygen atoms in total. The summed E-state index contributed by atoms with van der Waals surface area (Å²) in [6.45, 7) is 4.42. The largest absolute Gasteiger partial charge is 0.371 e. The fourth-order valence-corrected chi connectivity index (χ4v) is 5.33. The normalized spacial score (nSPS) is 24.8. The number of rotatable bonds is 3. The molecule has 1 amide bonds. The van der Waals surface area contributed by atoms with Gasteiger partial charge in [-0.25, -0.2) is 0 Å². The minimum absolute atomic E-state index is 0.0474. The number of fused-ring (bicyclic) bond motifs is 2. The maximum absolute atomic E-state index is 12.4. The van der Waals surface area contributed by atoms with Crippen LogP contribution in [-0.2, 0) is 4.79 Å². The Morgan fingerprint density at radius 3 is 2.66 bits per heavy atom. The zero-order valence-electron chi connectivity index (χ0n) is 17.1. The SMILES string of the molecule is Cc1cccc2c1C(=CNc1ccc(N3CCC4CCCCC4C3)cc1)C(=O)N2. The number of hydrogen-bond acceptors (Lipinski definition) is 3. The number of benzene rings is 2. The van der Waals surface area contributed by atoms with Gasteiger partial charge >= 0.3 is 0 Å². The molecule has 5 rings (SSSR count). The highest BCUT2D eigenvalue weighted by molar-refractivity contribution is 6.32. The average molecular weight is 388 g/mol. The molecule has 2 N–H and O–H groups in total. The van der Waals surface area contributed by atoms with Crippen LogP contribution < -0.4 is 15.5 Å². The van der Waals surface area contributed by atoms with Crippen molar-refractivity contribution in [2.24, 2.45) is 11.8 Å². The van der Waals surface area contributed by atoms with Gasteiger partial charge in [0.05, 0.1) is 5.57 Å². The Kier molecular flexibility index (Phi) is 4.78. The molecule has 1 saturated carbocycles. The van der Waals surface area contributed by atoms with E-state index in [-0.39, 0.29) is 5.91 Å². The van der Waals surface area contributed by atoms with Gasteiger partial charge in [0, 0.05) is 41.9 Å². The van der Waals surface area contributed by atoms with E-state index in [0.717, 1.165) is 34.3 Å². The van der Waals surface area contributed by atoms with Gasteiger partial charge in [-0.3, -0.25) is 4.79 Å². The molecule has 1 aliphatic carbocycles. The first kappa shape index (κ1) is 18.3. The molecule has 2 aromatic rings. The Labute approximate surface area is 173 Å². The molecule has 2 atom stereocenters. The Morgan fingerprint density at radius 2 is 1.83 bits per heavy atom. The molecule has 0 bridgehead atoms. The van der Waals surface area contributed by atoms with Gasteiger partial charge in [0.25, 0.3) is 5.91 Å². The smallest absolute Gasteiger partial charge is 0.257 e. The predicted octanol–water partition coefficient (Wildman–Crippen LogP) is 5.42. The summed E-state index contributed by atoms with van der Waals surface area (Å²) in [7, 11) is 0. The Hall–Kier alpha value is -2.75. The fraction of sp³-hybridized carbons (Fsp3) is 0.400. The van der Waals surface area contributed by atoms with Crippen molar-refractivity contribution in [3.8, 4) is 0 Å². The predicted molar refractivity (Wildman–Crippen MR) is 120 cm³/mol. The van der Waals surface area contributed by atoms with Crippen molar-refractivity contribution in [2.45, 2.75) is 39.0 Å². The van der Waals surface area contributed by atoms with Crippen LogP contribution in [0.25, 0.3) is 5.57 Å². The van der Waals surface area contributed by atoms with Crippen molar-refractivity contribution in [3.63, 3.8) is 0 Å². The van der Waals surface area contributed by atoms with Gasteiger partial charge in [-0.15, -0.1) is 0 Å². The van der Waals surface area contributed by atoms with Crippen LogP contribution in [0.5, 0.6) is 0 Å². The summed E-state index contributed by atoms with van der Waals surface area (Å²) in [5, 5.41) is 6.26. The summed E-state index contributed by atoms with van der Waals surface area (Å²) in [4.78, 5) is 14.9. The molecule has 0 aromatic heterocycles. The monoisotopic (exact) mass is 387 g/mol. The average Bonchev–Trinajstić information content (AvgIpc) is 3.08. The molecule has 4 heteroatoms. The second kappa shape index (κ2) is 7.58. The highest BCUT2D eigenvalue weighted by atomic mass is 16.2. The highest BCUT2D eigenvalue weighted by Crippen LogP contribution is 2.38. The second-order valence-corrected chi connectivity index (χ2v) is 8.74. The number of piperidine rings is 1. The van der Waals surface area contributed by atoms with Crippen LogP contribution in [-0.4, -0.2) is 19.0 Å². The Morgan fingerprint density at radius 1 is 1.03 bits per heavy atom.